The fourth-order valence-corrected chi connectivity index (χ4v) is 3.84. The average molecular weight is 399 g/mol. The van der Waals surface area contributed by atoms with Crippen molar-refractivity contribution in [3.63, 3.8) is 0 Å². The van der Waals surface area contributed by atoms with Crippen molar-refractivity contribution in [3.8, 4) is 5.75 Å². The van der Waals surface area contributed by atoms with Crippen molar-refractivity contribution < 1.29 is 27.4 Å². The molecule has 26 heavy (non-hydrogen) atoms. The number of aryl methyl sites for hydroxylation is 1. The normalized spacial score (nSPS) is 12.5. The molecular formula is C17H18FNO5S2. The number of alkyl halides is 1. The highest BCUT2D eigenvalue weighted by Gasteiger charge is 2.19. The Labute approximate surface area is 155 Å². The summed E-state index contributed by atoms with van der Waals surface area (Å²) in [6, 6.07) is 12.5. The van der Waals surface area contributed by atoms with Crippen molar-refractivity contribution in [3.05, 3.63) is 54.1 Å². The molecule has 0 aliphatic heterocycles. The number of rotatable bonds is 9. The monoisotopic (exact) mass is 399 g/mol. The maximum absolute atomic E-state index is 14.0. The molecule has 6 nitrogen and oxygen atoms in total. The van der Waals surface area contributed by atoms with Crippen molar-refractivity contribution in [2.75, 3.05) is 12.4 Å². The van der Waals surface area contributed by atoms with Crippen molar-refractivity contribution in [2.45, 2.75) is 23.0 Å². The van der Waals surface area contributed by atoms with Gasteiger partial charge in [0.15, 0.2) is 12.9 Å². The van der Waals surface area contributed by atoms with E-state index < -0.39 is 28.9 Å². The van der Waals surface area contributed by atoms with Crippen LogP contribution in [0, 0.1) is 6.92 Å². The smallest absolute Gasteiger partial charge is 0.341 e. The van der Waals surface area contributed by atoms with Gasteiger partial charge < -0.3 is 9.84 Å². The molecule has 0 aliphatic carbocycles. The van der Waals surface area contributed by atoms with Crippen LogP contribution in [0.15, 0.2) is 58.3 Å². The van der Waals surface area contributed by atoms with E-state index in [1.165, 1.54) is 12.1 Å². The number of halogens is 1. The number of carbonyl (C=O) groups is 1. The molecule has 2 aromatic carbocycles. The second-order valence-corrected chi connectivity index (χ2v) is 8.17. The molecule has 2 N–H and O–H groups in total. The SMILES string of the molecule is Cc1ccc(S(=O)(=O)NC(F)CSc2ccc(OCC(=O)O)cc2)cc1. The summed E-state index contributed by atoms with van der Waals surface area (Å²) in [5.74, 6) is -0.807. The molecule has 0 radical (unpaired) electrons. The predicted octanol–water partition coefficient (Wildman–Crippen LogP) is 2.82. The van der Waals surface area contributed by atoms with Gasteiger partial charge in [-0.05, 0) is 43.3 Å². The van der Waals surface area contributed by atoms with Gasteiger partial charge in [0.25, 0.3) is 0 Å². The fraction of sp³-hybridized carbons (Fsp3) is 0.235. The average Bonchev–Trinajstić information content (AvgIpc) is 2.59. The molecule has 1 atom stereocenters. The molecule has 2 rings (SSSR count). The zero-order chi connectivity index (χ0) is 19.2. The largest absolute Gasteiger partial charge is 0.482 e. The van der Waals surface area contributed by atoms with Crippen LogP contribution in [0.25, 0.3) is 0 Å². The van der Waals surface area contributed by atoms with Crippen LogP contribution in [0.2, 0.25) is 0 Å². The molecule has 2 aromatic rings. The van der Waals surface area contributed by atoms with Gasteiger partial charge in [0.05, 0.1) is 4.90 Å². The third kappa shape index (κ3) is 6.32. The number of hydrogen-bond acceptors (Lipinski definition) is 5. The Morgan fingerprint density at radius 1 is 1.19 bits per heavy atom. The minimum Gasteiger partial charge on any atom is -0.482 e. The Bertz CT molecular complexity index is 838. The van der Waals surface area contributed by atoms with E-state index in [1.807, 2.05) is 11.6 Å². The number of carboxylic acids is 1. The van der Waals surface area contributed by atoms with Crippen LogP contribution in [0.1, 0.15) is 5.56 Å². The van der Waals surface area contributed by atoms with Crippen LogP contribution < -0.4 is 9.46 Å². The summed E-state index contributed by atoms with van der Waals surface area (Å²) in [7, 11) is -3.92. The lowest BCUT2D eigenvalue weighted by molar-refractivity contribution is -0.139. The number of benzene rings is 2. The second-order valence-electron chi connectivity index (χ2n) is 5.37. The Kier molecular flexibility index (Phi) is 7.01. The van der Waals surface area contributed by atoms with Gasteiger partial charge in [0.2, 0.25) is 10.0 Å². The number of thioether (sulfide) groups is 1. The molecule has 0 aromatic heterocycles. The van der Waals surface area contributed by atoms with Gasteiger partial charge in [-0.25, -0.2) is 17.6 Å². The van der Waals surface area contributed by atoms with Gasteiger partial charge in [-0.15, -0.1) is 11.8 Å². The summed E-state index contributed by atoms with van der Waals surface area (Å²) < 4.78 is 45.3. The summed E-state index contributed by atoms with van der Waals surface area (Å²) in [5.41, 5.74) is 0.909. The maximum Gasteiger partial charge on any atom is 0.341 e. The van der Waals surface area contributed by atoms with Gasteiger partial charge in [-0.3, -0.25) is 0 Å². The molecule has 0 saturated heterocycles. The molecule has 140 valence electrons. The molecular weight excluding hydrogens is 381 g/mol. The highest BCUT2D eigenvalue weighted by atomic mass is 32.2. The predicted molar refractivity (Wildman–Crippen MR) is 96.7 cm³/mol. The van der Waals surface area contributed by atoms with Crippen molar-refractivity contribution in [2.24, 2.45) is 0 Å². The summed E-state index contributed by atoms with van der Waals surface area (Å²) in [6.07, 6.45) is -1.76. The maximum atomic E-state index is 14.0. The summed E-state index contributed by atoms with van der Waals surface area (Å²) >= 11 is 1.13. The summed E-state index contributed by atoms with van der Waals surface area (Å²) in [5, 5.41) is 8.54. The molecule has 1 unspecified atom stereocenters. The lowest BCUT2D eigenvalue weighted by Crippen LogP contribution is -2.33. The van der Waals surface area contributed by atoms with Crippen molar-refractivity contribution in [1.82, 2.24) is 4.72 Å². The van der Waals surface area contributed by atoms with E-state index in [4.69, 9.17) is 9.84 Å². The summed E-state index contributed by atoms with van der Waals surface area (Å²) in [6.45, 7) is 1.39. The third-order valence-corrected chi connectivity index (χ3v) is 5.72. The van der Waals surface area contributed by atoms with E-state index >= 15 is 0 Å². The zero-order valence-electron chi connectivity index (χ0n) is 13.9. The number of sulfonamides is 1. The third-order valence-electron chi connectivity index (χ3n) is 3.20. The Balaban J connectivity index is 1.87. The van der Waals surface area contributed by atoms with Crippen LogP contribution in [-0.2, 0) is 14.8 Å². The first-order chi connectivity index (χ1) is 12.3. The van der Waals surface area contributed by atoms with Crippen LogP contribution >= 0.6 is 11.8 Å². The first-order valence-electron chi connectivity index (χ1n) is 7.57. The standard InChI is InChI=1S/C17H18FNO5S2/c1-12-2-8-15(9-3-12)26(22,23)19-16(18)11-25-14-6-4-13(5-7-14)24-10-17(20)21/h2-9,16,19H,10-11H2,1H3,(H,20,21). The van der Waals surface area contributed by atoms with Gasteiger partial charge in [-0.1, -0.05) is 17.7 Å². The Morgan fingerprint density at radius 3 is 2.38 bits per heavy atom. The number of carboxylic acid groups (broad SMARTS) is 1. The topological polar surface area (TPSA) is 92.7 Å². The number of hydrogen-bond donors (Lipinski definition) is 2. The Morgan fingerprint density at radius 2 is 1.81 bits per heavy atom. The molecule has 0 heterocycles. The fourth-order valence-electron chi connectivity index (χ4n) is 1.93. The van der Waals surface area contributed by atoms with E-state index in [-0.39, 0.29) is 10.6 Å². The van der Waals surface area contributed by atoms with E-state index in [0.717, 1.165) is 17.3 Å². The first-order valence-corrected chi connectivity index (χ1v) is 10.0. The van der Waals surface area contributed by atoms with E-state index in [1.54, 1.807) is 36.4 Å². The molecule has 0 bridgehead atoms. The molecule has 0 spiro atoms. The molecule has 9 heteroatoms. The molecule has 0 aliphatic rings. The van der Waals surface area contributed by atoms with Crippen molar-refractivity contribution >= 4 is 27.8 Å². The zero-order valence-corrected chi connectivity index (χ0v) is 15.5. The number of nitrogens with one attached hydrogen (secondary N) is 1. The highest BCUT2D eigenvalue weighted by Crippen LogP contribution is 2.23. The Hall–Kier alpha value is -2.10. The second kappa shape index (κ2) is 9.02. The van der Waals surface area contributed by atoms with E-state index in [0.29, 0.717) is 10.6 Å². The highest BCUT2D eigenvalue weighted by molar-refractivity contribution is 7.99. The van der Waals surface area contributed by atoms with Gasteiger partial charge in [-0.2, -0.15) is 4.72 Å². The van der Waals surface area contributed by atoms with Crippen LogP contribution in [0.4, 0.5) is 4.39 Å². The van der Waals surface area contributed by atoms with Gasteiger partial charge in [0.1, 0.15) is 5.75 Å². The summed E-state index contributed by atoms with van der Waals surface area (Å²) in [4.78, 5) is 11.1. The minimum atomic E-state index is -3.92. The van der Waals surface area contributed by atoms with Crippen molar-refractivity contribution in [1.29, 1.82) is 0 Å². The first kappa shape index (κ1) is 20.2. The molecule has 0 fully saturated rings. The van der Waals surface area contributed by atoms with Crippen LogP contribution in [0.5, 0.6) is 5.75 Å². The quantitative estimate of drug-likeness (QED) is 0.498. The van der Waals surface area contributed by atoms with E-state index in [2.05, 4.69) is 0 Å². The minimum absolute atomic E-state index is 0.00989. The van der Waals surface area contributed by atoms with Crippen LogP contribution in [0.3, 0.4) is 0 Å². The molecule has 0 saturated carbocycles. The molecule has 0 amide bonds. The van der Waals surface area contributed by atoms with Crippen LogP contribution in [-0.4, -0.2) is 38.1 Å². The number of aliphatic carboxylic acids is 1. The van der Waals surface area contributed by atoms with Gasteiger partial charge >= 0.3 is 5.97 Å². The lowest BCUT2D eigenvalue weighted by Gasteiger charge is -2.11. The number of ether oxygens (including phenoxy) is 1. The lowest BCUT2D eigenvalue weighted by atomic mass is 10.2. The van der Waals surface area contributed by atoms with Gasteiger partial charge in [0, 0.05) is 10.6 Å². The van der Waals surface area contributed by atoms with E-state index in [9.17, 15) is 17.6 Å².